The Labute approximate surface area is 192 Å². The van der Waals surface area contributed by atoms with Gasteiger partial charge in [0.15, 0.2) is 16.6 Å². The van der Waals surface area contributed by atoms with Crippen LogP contribution in [0, 0.1) is 22.7 Å². The van der Waals surface area contributed by atoms with E-state index in [9.17, 15) is 14.4 Å². The Balaban J connectivity index is 2.02. The second-order valence-corrected chi connectivity index (χ2v) is 8.63. The number of hydrogen-bond acceptors (Lipinski definition) is 5. The predicted octanol–water partition coefficient (Wildman–Crippen LogP) is 4.26. The Morgan fingerprint density at radius 3 is 1.48 bits per heavy atom. The highest BCUT2D eigenvalue weighted by Crippen LogP contribution is 2.69. The number of ether oxygens (including phenoxy) is 2. The molecule has 4 atom stereocenters. The molecule has 5 rings (SSSR count). The average Bonchev–Trinajstić information content (AvgIpc) is 3.01. The molecular formula is C28H24O5. The van der Waals surface area contributed by atoms with Gasteiger partial charge in [-0.15, -0.1) is 0 Å². The quantitative estimate of drug-likeness (QED) is 0.525. The van der Waals surface area contributed by atoms with Crippen molar-refractivity contribution in [2.45, 2.75) is 6.42 Å². The van der Waals surface area contributed by atoms with Crippen LogP contribution in [-0.2, 0) is 23.9 Å². The van der Waals surface area contributed by atoms with Crippen molar-refractivity contribution in [1.29, 1.82) is 0 Å². The van der Waals surface area contributed by atoms with Gasteiger partial charge in [-0.3, -0.25) is 14.4 Å². The minimum atomic E-state index is -1.66. The van der Waals surface area contributed by atoms with Crippen LogP contribution in [0.5, 0.6) is 0 Å². The fourth-order valence-corrected chi connectivity index (χ4v) is 6.08. The number of esters is 2. The molecule has 5 heteroatoms. The van der Waals surface area contributed by atoms with Crippen LogP contribution in [0.25, 0.3) is 11.1 Å². The summed E-state index contributed by atoms with van der Waals surface area (Å²) in [5.41, 5.74) is -0.829. The summed E-state index contributed by atoms with van der Waals surface area (Å²) in [6.45, 7) is 0. The molecule has 0 radical (unpaired) electrons. The number of fused-ring (bicyclic) bond motifs is 6. The summed E-state index contributed by atoms with van der Waals surface area (Å²) in [6, 6.07) is 18.7. The monoisotopic (exact) mass is 440 g/mol. The van der Waals surface area contributed by atoms with Gasteiger partial charge in [-0.05, 0) is 28.7 Å². The highest BCUT2D eigenvalue weighted by Gasteiger charge is 2.76. The van der Waals surface area contributed by atoms with Gasteiger partial charge in [-0.2, -0.15) is 0 Å². The zero-order chi connectivity index (χ0) is 23.2. The fourth-order valence-electron chi connectivity index (χ4n) is 6.08. The first kappa shape index (κ1) is 21.1. The smallest absolute Gasteiger partial charge is 0.324 e. The Kier molecular flexibility index (Phi) is 4.93. The minimum Gasteiger partial charge on any atom is -0.468 e. The third kappa shape index (κ3) is 2.56. The van der Waals surface area contributed by atoms with Crippen molar-refractivity contribution in [3.05, 3.63) is 96.1 Å². The van der Waals surface area contributed by atoms with Crippen molar-refractivity contribution in [2.75, 3.05) is 14.2 Å². The van der Waals surface area contributed by atoms with Gasteiger partial charge in [0.2, 0.25) is 0 Å². The lowest BCUT2D eigenvalue weighted by Crippen LogP contribution is -2.58. The summed E-state index contributed by atoms with van der Waals surface area (Å²) >= 11 is 0. The van der Waals surface area contributed by atoms with Gasteiger partial charge < -0.3 is 9.47 Å². The number of ketones is 1. The molecular weight excluding hydrogens is 416 g/mol. The van der Waals surface area contributed by atoms with Crippen LogP contribution in [0.1, 0.15) is 17.5 Å². The second-order valence-electron chi connectivity index (χ2n) is 8.63. The van der Waals surface area contributed by atoms with Crippen LogP contribution in [0.4, 0.5) is 0 Å². The van der Waals surface area contributed by atoms with E-state index in [-0.39, 0.29) is 0 Å². The van der Waals surface area contributed by atoms with E-state index in [1.165, 1.54) is 14.2 Å². The molecule has 4 unspecified atom stereocenters. The molecule has 166 valence electrons. The van der Waals surface area contributed by atoms with Gasteiger partial charge in [-0.1, -0.05) is 85.0 Å². The Morgan fingerprint density at radius 1 is 0.727 bits per heavy atom. The maximum atomic E-state index is 14.7. The van der Waals surface area contributed by atoms with E-state index in [0.717, 1.165) is 0 Å². The van der Waals surface area contributed by atoms with Crippen molar-refractivity contribution >= 4 is 28.9 Å². The van der Waals surface area contributed by atoms with E-state index in [1.54, 1.807) is 0 Å². The maximum Gasteiger partial charge on any atom is 0.324 e. The van der Waals surface area contributed by atoms with Gasteiger partial charge in [0.05, 0.1) is 14.2 Å². The minimum absolute atomic E-state index is 0.440. The molecule has 0 heterocycles. The summed E-state index contributed by atoms with van der Waals surface area (Å²) in [7, 11) is 2.58. The van der Waals surface area contributed by atoms with E-state index < -0.39 is 40.4 Å². The molecule has 0 aromatic heterocycles. The largest absolute Gasteiger partial charge is 0.468 e. The summed E-state index contributed by atoms with van der Waals surface area (Å²) < 4.78 is 10.6. The summed E-state index contributed by atoms with van der Waals surface area (Å²) in [5.74, 6) is -2.71. The van der Waals surface area contributed by atoms with Crippen LogP contribution in [0.2, 0.25) is 0 Å². The molecule has 3 aliphatic rings. The second kappa shape index (κ2) is 7.69. The molecule has 1 saturated carbocycles. The number of methoxy groups -OCH3 is 2. The van der Waals surface area contributed by atoms with Crippen LogP contribution in [-0.4, -0.2) is 31.9 Å². The highest BCUT2D eigenvalue weighted by molar-refractivity contribution is 6.37. The topological polar surface area (TPSA) is 69.7 Å². The first-order valence-corrected chi connectivity index (χ1v) is 11.0. The lowest BCUT2D eigenvalue weighted by Gasteiger charge is -2.44. The lowest BCUT2D eigenvalue weighted by molar-refractivity contribution is -0.168. The van der Waals surface area contributed by atoms with Crippen LogP contribution < -0.4 is 0 Å². The number of allylic oxidation sites excluding steroid dienone is 4. The van der Waals surface area contributed by atoms with Gasteiger partial charge in [-0.25, -0.2) is 0 Å². The van der Waals surface area contributed by atoms with Crippen molar-refractivity contribution in [3.63, 3.8) is 0 Å². The number of rotatable bonds is 4. The van der Waals surface area contributed by atoms with Crippen molar-refractivity contribution in [1.82, 2.24) is 0 Å². The van der Waals surface area contributed by atoms with Crippen LogP contribution in [0.3, 0.4) is 0 Å². The molecule has 0 aliphatic heterocycles. The molecule has 3 aliphatic carbocycles. The number of carbonyl (C=O) groups excluding carboxylic acids is 3. The van der Waals surface area contributed by atoms with Gasteiger partial charge >= 0.3 is 11.9 Å². The average molecular weight is 440 g/mol. The fraction of sp³-hybridized carbons (Fsp3) is 0.250. The predicted molar refractivity (Wildman–Crippen MR) is 123 cm³/mol. The molecule has 0 amide bonds. The van der Waals surface area contributed by atoms with Crippen LogP contribution in [0.15, 0.2) is 85.0 Å². The third-order valence-corrected chi connectivity index (χ3v) is 7.31. The Bertz CT molecular complexity index is 1130. The first-order valence-electron chi connectivity index (χ1n) is 11.0. The maximum absolute atomic E-state index is 14.7. The number of hydrogen-bond donors (Lipinski definition) is 0. The molecule has 0 N–H and O–H groups in total. The number of carbonyl (C=O) groups is 3. The Hall–Kier alpha value is -3.73. The van der Waals surface area contributed by atoms with E-state index in [2.05, 4.69) is 0 Å². The molecule has 33 heavy (non-hydrogen) atoms. The number of benzene rings is 2. The molecule has 4 bridgehead atoms. The van der Waals surface area contributed by atoms with Crippen LogP contribution >= 0.6 is 0 Å². The van der Waals surface area contributed by atoms with Crippen molar-refractivity contribution in [2.24, 2.45) is 22.7 Å². The third-order valence-electron chi connectivity index (χ3n) is 7.31. The zero-order valence-electron chi connectivity index (χ0n) is 18.5. The standard InChI is InChI=1S/C28H24O5/c1-32-25(30)27-20-15-9-10-16-21(17-20)28(24(27)29,26(31)33-2)23(19-13-7-4-8-14-19)22(27)18-11-5-3-6-12-18/h3-16,20-21H,17H2,1-2H3. The Morgan fingerprint density at radius 2 is 1.12 bits per heavy atom. The van der Waals surface area contributed by atoms with Gasteiger partial charge in [0.1, 0.15) is 0 Å². The zero-order valence-corrected chi connectivity index (χ0v) is 18.5. The molecule has 0 saturated heterocycles. The number of Topliss-reactive ketones (excluding diaryl/α,β-unsaturated/α-hetero) is 1. The molecule has 1 fully saturated rings. The molecule has 2 aromatic carbocycles. The summed E-state index contributed by atoms with van der Waals surface area (Å²) in [4.78, 5) is 42.1. The van der Waals surface area contributed by atoms with E-state index in [1.807, 2.05) is 85.0 Å². The molecule has 0 spiro atoms. The molecule has 5 nitrogen and oxygen atoms in total. The SMILES string of the molecule is COC(=O)C12C(=O)C(C(=O)OC)(C(c3ccccc3)=C1c1ccccc1)C1C=CC=CC2C1. The van der Waals surface area contributed by atoms with E-state index in [4.69, 9.17) is 9.47 Å². The molecule has 2 aromatic rings. The summed E-state index contributed by atoms with van der Waals surface area (Å²) in [5, 5.41) is 0. The first-order chi connectivity index (χ1) is 16.0. The normalized spacial score (nSPS) is 29.6. The van der Waals surface area contributed by atoms with E-state index >= 15 is 0 Å². The summed E-state index contributed by atoms with van der Waals surface area (Å²) in [6.07, 6.45) is 7.92. The van der Waals surface area contributed by atoms with Gasteiger partial charge in [0, 0.05) is 11.8 Å². The van der Waals surface area contributed by atoms with E-state index in [0.29, 0.717) is 28.7 Å². The lowest BCUT2D eigenvalue weighted by atomic mass is 9.54. The highest BCUT2D eigenvalue weighted by atomic mass is 16.5. The van der Waals surface area contributed by atoms with Crippen molar-refractivity contribution < 1.29 is 23.9 Å². The van der Waals surface area contributed by atoms with Crippen molar-refractivity contribution in [3.8, 4) is 0 Å². The van der Waals surface area contributed by atoms with Gasteiger partial charge in [0.25, 0.3) is 0 Å².